The Labute approximate surface area is 82.6 Å². The van der Waals surface area contributed by atoms with E-state index in [1.165, 1.54) is 12.1 Å². The van der Waals surface area contributed by atoms with Gasteiger partial charge in [-0.25, -0.2) is 4.39 Å². The number of nitrogens with zero attached hydrogens (tertiary/aromatic N) is 1. The zero-order chi connectivity index (χ0) is 9.97. The molecular weight excluding hydrogens is 181 g/mol. The van der Waals surface area contributed by atoms with Crippen LogP contribution in [-0.2, 0) is 11.3 Å². The van der Waals surface area contributed by atoms with Crippen molar-refractivity contribution in [1.29, 1.82) is 0 Å². The normalized spacial score (nSPS) is 17.1. The van der Waals surface area contributed by atoms with Crippen LogP contribution in [0.15, 0.2) is 36.6 Å². The lowest BCUT2D eigenvalue weighted by molar-refractivity contribution is 0.164. The first-order valence-corrected chi connectivity index (χ1v) is 4.51. The maximum atomic E-state index is 12.6. The molecule has 1 aromatic rings. The van der Waals surface area contributed by atoms with Gasteiger partial charge in [0.2, 0.25) is 0 Å². The Balaban J connectivity index is 1.97. The van der Waals surface area contributed by atoms with Gasteiger partial charge >= 0.3 is 0 Å². The molecule has 1 aliphatic heterocycles. The van der Waals surface area contributed by atoms with E-state index >= 15 is 0 Å². The lowest BCUT2D eigenvalue weighted by Gasteiger charge is -2.11. The highest BCUT2D eigenvalue weighted by Gasteiger charge is 2.15. The van der Waals surface area contributed by atoms with E-state index in [1.807, 2.05) is 0 Å². The largest absolute Gasteiger partial charge is 0.482 e. The van der Waals surface area contributed by atoms with Gasteiger partial charge in [0.15, 0.2) is 0 Å². The Morgan fingerprint density at radius 3 is 2.64 bits per heavy atom. The van der Waals surface area contributed by atoms with E-state index < -0.39 is 0 Å². The van der Waals surface area contributed by atoms with E-state index in [2.05, 4.69) is 11.5 Å². The van der Waals surface area contributed by atoms with Crippen molar-refractivity contribution in [2.45, 2.75) is 6.54 Å². The average molecular weight is 193 g/mol. The predicted octanol–water partition coefficient (Wildman–Crippen LogP) is 2.13. The number of rotatable bonds is 2. The van der Waals surface area contributed by atoms with Crippen molar-refractivity contribution in [3.05, 3.63) is 48.0 Å². The molecule has 0 N–H and O–H groups in total. The molecule has 1 aliphatic rings. The maximum Gasteiger partial charge on any atom is 0.142 e. The molecule has 0 aromatic heterocycles. The van der Waals surface area contributed by atoms with Crippen LogP contribution in [0.25, 0.3) is 0 Å². The predicted molar refractivity (Wildman–Crippen MR) is 51.9 cm³/mol. The van der Waals surface area contributed by atoms with Gasteiger partial charge in [0.05, 0.1) is 6.54 Å². The van der Waals surface area contributed by atoms with Gasteiger partial charge in [-0.15, -0.1) is 0 Å². The first kappa shape index (κ1) is 9.21. The van der Waals surface area contributed by atoms with E-state index in [-0.39, 0.29) is 5.82 Å². The lowest BCUT2D eigenvalue weighted by Crippen LogP contribution is -2.18. The van der Waals surface area contributed by atoms with E-state index in [9.17, 15) is 4.39 Å². The number of benzene rings is 1. The second kappa shape index (κ2) is 3.80. The molecule has 2 rings (SSSR count). The molecule has 0 bridgehead atoms. The fraction of sp³-hybridized carbons (Fsp3) is 0.273. The van der Waals surface area contributed by atoms with E-state index in [1.54, 1.807) is 12.1 Å². The first-order chi connectivity index (χ1) is 6.74. The summed E-state index contributed by atoms with van der Waals surface area (Å²) in [5.41, 5.74) is 1.09. The molecule has 2 nitrogen and oxygen atoms in total. The summed E-state index contributed by atoms with van der Waals surface area (Å²) in [6.07, 6.45) is 0. The number of hydrogen-bond donors (Lipinski definition) is 0. The van der Waals surface area contributed by atoms with Gasteiger partial charge in [0.25, 0.3) is 0 Å². The maximum absolute atomic E-state index is 12.6. The summed E-state index contributed by atoms with van der Waals surface area (Å²) in [7, 11) is 0. The van der Waals surface area contributed by atoms with E-state index in [0.717, 1.165) is 24.4 Å². The fourth-order valence-corrected chi connectivity index (χ4v) is 1.47. The SMILES string of the molecule is C=C1CN(Cc2ccc(F)cc2)CO1. The van der Waals surface area contributed by atoms with Crippen LogP contribution in [0.5, 0.6) is 0 Å². The van der Waals surface area contributed by atoms with Crippen molar-refractivity contribution in [2.75, 3.05) is 13.3 Å². The molecule has 0 amide bonds. The Kier molecular flexibility index (Phi) is 2.50. The topological polar surface area (TPSA) is 12.5 Å². The zero-order valence-electron chi connectivity index (χ0n) is 7.87. The monoisotopic (exact) mass is 193 g/mol. The van der Waals surface area contributed by atoms with Crippen LogP contribution in [0.2, 0.25) is 0 Å². The Hall–Kier alpha value is -1.35. The molecule has 14 heavy (non-hydrogen) atoms. The average Bonchev–Trinajstić information content (AvgIpc) is 2.56. The van der Waals surface area contributed by atoms with Gasteiger partial charge in [0.1, 0.15) is 18.3 Å². The van der Waals surface area contributed by atoms with Crippen molar-refractivity contribution in [2.24, 2.45) is 0 Å². The molecule has 1 saturated heterocycles. The highest BCUT2D eigenvalue weighted by molar-refractivity contribution is 5.16. The quantitative estimate of drug-likeness (QED) is 0.713. The number of ether oxygens (including phenoxy) is 1. The molecular formula is C11H12FNO. The van der Waals surface area contributed by atoms with Gasteiger partial charge in [-0.1, -0.05) is 18.7 Å². The van der Waals surface area contributed by atoms with Crippen LogP contribution in [0, 0.1) is 5.82 Å². The van der Waals surface area contributed by atoms with Gasteiger partial charge in [0, 0.05) is 6.54 Å². The van der Waals surface area contributed by atoms with Crippen LogP contribution in [0.3, 0.4) is 0 Å². The minimum atomic E-state index is -0.198. The highest BCUT2D eigenvalue weighted by Crippen LogP contribution is 2.13. The van der Waals surface area contributed by atoms with Gasteiger partial charge in [-0.3, -0.25) is 4.90 Å². The molecule has 1 aromatic carbocycles. The van der Waals surface area contributed by atoms with Crippen molar-refractivity contribution in [3.8, 4) is 0 Å². The third kappa shape index (κ3) is 2.12. The third-order valence-electron chi connectivity index (χ3n) is 2.17. The Morgan fingerprint density at radius 2 is 2.07 bits per heavy atom. The minimum Gasteiger partial charge on any atom is -0.482 e. The molecule has 0 aliphatic carbocycles. The van der Waals surface area contributed by atoms with Crippen LogP contribution in [-0.4, -0.2) is 18.2 Å². The fourth-order valence-electron chi connectivity index (χ4n) is 1.47. The molecule has 0 radical (unpaired) electrons. The number of hydrogen-bond acceptors (Lipinski definition) is 2. The molecule has 3 heteroatoms. The van der Waals surface area contributed by atoms with Crippen LogP contribution in [0.4, 0.5) is 4.39 Å². The van der Waals surface area contributed by atoms with Gasteiger partial charge in [-0.05, 0) is 17.7 Å². The molecule has 0 spiro atoms. The van der Waals surface area contributed by atoms with Gasteiger partial charge < -0.3 is 4.74 Å². The van der Waals surface area contributed by atoms with E-state index in [0.29, 0.717) is 6.73 Å². The molecule has 0 unspecified atom stereocenters. The molecule has 74 valence electrons. The summed E-state index contributed by atoms with van der Waals surface area (Å²) in [5.74, 6) is 0.600. The summed E-state index contributed by atoms with van der Waals surface area (Å²) in [5, 5.41) is 0. The third-order valence-corrected chi connectivity index (χ3v) is 2.17. The van der Waals surface area contributed by atoms with Crippen molar-refractivity contribution in [1.82, 2.24) is 4.90 Å². The van der Waals surface area contributed by atoms with E-state index in [4.69, 9.17) is 4.74 Å². The number of halogens is 1. The highest BCUT2D eigenvalue weighted by atomic mass is 19.1. The Bertz CT molecular complexity index is 334. The summed E-state index contributed by atoms with van der Waals surface area (Å²) in [4.78, 5) is 2.11. The molecule has 0 saturated carbocycles. The molecule has 0 atom stereocenters. The van der Waals surface area contributed by atoms with Gasteiger partial charge in [-0.2, -0.15) is 0 Å². The second-order valence-corrected chi connectivity index (χ2v) is 3.43. The lowest BCUT2D eigenvalue weighted by atomic mass is 10.2. The van der Waals surface area contributed by atoms with Crippen LogP contribution in [0.1, 0.15) is 5.56 Å². The second-order valence-electron chi connectivity index (χ2n) is 3.43. The minimum absolute atomic E-state index is 0.198. The van der Waals surface area contributed by atoms with Crippen LogP contribution >= 0.6 is 0 Å². The molecule has 1 heterocycles. The first-order valence-electron chi connectivity index (χ1n) is 4.51. The molecule has 1 fully saturated rings. The Morgan fingerprint density at radius 1 is 1.36 bits per heavy atom. The summed E-state index contributed by atoms with van der Waals surface area (Å²) in [6.45, 7) is 5.85. The smallest absolute Gasteiger partial charge is 0.142 e. The van der Waals surface area contributed by atoms with Crippen molar-refractivity contribution < 1.29 is 9.13 Å². The zero-order valence-corrected chi connectivity index (χ0v) is 7.87. The van der Waals surface area contributed by atoms with Crippen LogP contribution < -0.4 is 0 Å². The summed E-state index contributed by atoms with van der Waals surface area (Å²) in [6, 6.07) is 6.52. The van der Waals surface area contributed by atoms with Crippen molar-refractivity contribution >= 4 is 0 Å². The summed E-state index contributed by atoms with van der Waals surface area (Å²) < 4.78 is 17.8. The van der Waals surface area contributed by atoms with Crippen molar-refractivity contribution in [3.63, 3.8) is 0 Å². The standard InChI is InChI=1S/C11H12FNO/c1-9-6-13(8-14-9)7-10-2-4-11(12)5-3-10/h2-5H,1,6-8H2. The summed E-state index contributed by atoms with van der Waals surface area (Å²) >= 11 is 0.